The van der Waals surface area contributed by atoms with Crippen molar-refractivity contribution >= 4 is 0 Å². The monoisotopic (exact) mass is 275 g/mol. The Kier molecular flexibility index (Phi) is 5.01. The van der Waals surface area contributed by atoms with Crippen molar-refractivity contribution < 1.29 is 9.84 Å². The van der Waals surface area contributed by atoms with Crippen molar-refractivity contribution in [3.63, 3.8) is 0 Å². The Hall–Kier alpha value is -2.01. The van der Waals surface area contributed by atoms with E-state index in [4.69, 9.17) is 4.74 Å². The fourth-order valence-corrected chi connectivity index (χ4v) is 2.07. The number of hydrogen-bond acceptors (Lipinski definition) is 4. The lowest BCUT2D eigenvalue weighted by molar-refractivity contribution is 0.316. The minimum absolute atomic E-state index is 0.224. The molecule has 0 radical (unpaired) electrons. The van der Waals surface area contributed by atoms with Gasteiger partial charge >= 0.3 is 0 Å². The summed E-state index contributed by atoms with van der Waals surface area (Å²) in [5.41, 5.74) is 2.03. The van der Waals surface area contributed by atoms with Crippen LogP contribution in [0.25, 0.3) is 0 Å². The van der Waals surface area contributed by atoms with E-state index >= 15 is 0 Å². The summed E-state index contributed by atoms with van der Waals surface area (Å²) < 4.78 is 7.24. The molecular weight excluding hydrogens is 254 g/mol. The summed E-state index contributed by atoms with van der Waals surface area (Å²) in [4.78, 5) is 0. The molecule has 0 amide bonds. The standard InChI is InChI=1S/C15H21N3O2/c1-3-20-14-6-4-5-12(15(14)19)11-16-9-7-13-8-10-17-18(13)2/h4-6,8,10,16,19H,3,7,9,11H2,1-2H3. The number of hydrogen-bond donors (Lipinski definition) is 2. The molecule has 2 aromatic rings. The zero-order valence-electron chi connectivity index (χ0n) is 12.0. The first kappa shape index (κ1) is 14.4. The number of phenolic OH excluding ortho intramolecular Hbond substituents is 1. The highest BCUT2D eigenvalue weighted by atomic mass is 16.5. The van der Waals surface area contributed by atoms with E-state index in [0.717, 1.165) is 18.5 Å². The van der Waals surface area contributed by atoms with E-state index in [1.807, 2.05) is 36.9 Å². The van der Waals surface area contributed by atoms with Crippen LogP contribution in [0, 0.1) is 0 Å². The number of rotatable bonds is 7. The second-order valence-electron chi connectivity index (χ2n) is 4.57. The third-order valence-electron chi connectivity index (χ3n) is 3.18. The molecule has 0 saturated heterocycles. The highest BCUT2D eigenvalue weighted by molar-refractivity contribution is 5.45. The molecule has 2 rings (SSSR count). The zero-order valence-corrected chi connectivity index (χ0v) is 12.0. The lowest BCUT2D eigenvalue weighted by Crippen LogP contribution is -2.18. The minimum Gasteiger partial charge on any atom is -0.504 e. The number of aryl methyl sites for hydroxylation is 1. The van der Waals surface area contributed by atoms with Gasteiger partial charge in [0.1, 0.15) is 0 Å². The Labute approximate surface area is 119 Å². The van der Waals surface area contributed by atoms with E-state index in [0.29, 0.717) is 18.9 Å². The molecule has 0 atom stereocenters. The van der Waals surface area contributed by atoms with Crippen LogP contribution in [-0.4, -0.2) is 28.0 Å². The predicted molar refractivity (Wildman–Crippen MR) is 77.9 cm³/mol. The smallest absolute Gasteiger partial charge is 0.162 e. The first-order valence-corrected chi connectivity index (χ1v) is 6.83. The molecule has 0 saturated carbocycles. The van der Waals surface area contributed by atoms with Crippen LogP contribution in [0.4, 0.5) is 0 Å². The van der Waals surface area contributed by atoms with Crippen LogP contribution >= 0.6 is 0 Å². The van der Waals surface area contributed by atoms with E-state index in [9.17, 15) is 5.11 Å². The largest absolute Gasteiger partial charge is 0.504 e. The first-order valence-electron chi connectivity index (χ1n) is 6.83. The number of nitrogens with zero attached hydrogens (tertiary/aromatic N) is 2. The van der Waals surface area contributed by atoms with Crippen LogP contribution in [0.3, 0.4) is 0 Å². The van der Waals surface area contributed by atoms with Gasteiger partial charge in [0.05, 0.1) is 6.61 Å². The van der Waals surface area contributed by atoms with Gasteiger partial charge in [-0.05, 0) is 19.1 Å². The minimum atomic E-state index is 0.224. The number of aromatic hydroxyl groups is 1. The number of nitrogens with one attached hydrogen (secondary N) is 1. The van der Waals surface area contributed by atoms with Gasteiger partial charge in [0.2, 0.25) is 0 Å². The van der Waals surface area contributed by atoms with Crippen LogP contribution in [0.5, 0.6) is 11.5 Å². The topological polar surface area (TPSA) is 59.3 Å². The van der Waals surface area contributed by atoms with Crippen LogP contribution in [-0.2, 0) is 20.0 Å². The second kappa shape index (κ2) is 6.96. The molecule has 0 spiro atoms. The van der Waals surface area contributed by atoms with Crippen LogP contribution in [0.15, 0.2) is 30.5 Å². The van der Waals surface area contributed by atoms with Crippen molar-refractivity contribution in [2.75, 3.05) is 13.2 Å². The lowest BCUT2D eigenvalue weighted by Gasteiger charge is -2.11. The molecule has 1 aromatic heterocycles. The summed E-state index contributed by atoms with van der Waals surface area (Å²) >= 11 is 0. The molecule has 20 heavy (non-hydrogen) atoms. The molecule has 0 aliphatic carbocycles. The predicted octanol–water partition coefficient (Wildman–Crippen LogP) is 1.86. The van der Waals surface area contributed by atoms with Gasteiger partial charge in [-0.15, -0.1) is 0 Å². The number of aromatic nitrogens is 2. The third kappa shape index (κ3) is 3.51. The number of benzene rings is 1. The Bertz CT molecular complexity index is 552. The Balaban J connectivity index is 1.85. The zero-order chi connectivity index (χ0) is 14.4. The molecule has 5 heteroatoms. The maximum atomic E-state index is 10.1. The Morgan fingerprint density at radius 1 is 1.35 bits per heavy atom. The normalized spacial score (nSPS) is 10.7. The van der Waals surface area contributed by atoms with Crippen molar-refractivity contribution in [3.8, 4) is 11.5 Å². The Morgan fingerprint density at radius 3 is 2.90 bits per heavy atom. The quantitative estimate of drug-likeness (QED) is 0.757. The van der Waals surface area contributed by atoms with Crippen molar-refractivity contribution in [1.82, 2.24) is 15.1 Å². The molecule has 0 aliphatic heterocycles. The summed E-state index contributed by atoms with van der Waals surface area (Å²) in [6.45, 7) is 3.89. The highest BCUT2D eigenvalue weighted by Gasteiger charge is 2.07. The van der Waals surface area contributed by atoms with E-state index in [1.165, 1.54) is 5.69 Å². The summed E-state index contributed by atoms with van der Waals surface area (Å²) in [5.74, 6) is 0.765. The molecule has 1 heterocycles. The number of phenols is 1. The van der Waals surface area contributed by atoms with E-state index in [2.05, 4.69) is 10.4 Å². The van der Waals surface area contributed by atoms with Crippen LogP contribution < -0.4 is 10.1 Å². The molecule has 0 unspecified atom stereocenters. The van der Waals surface area contributed by atoms with Gasteiger partial charge < -0.3 is 15.2 Å². The van der Waals surface area contributed by atoms with Crippen molar-refractivity contribution in [2.24, 2.45) is 7.05 Å². The molecule has 0 fully saturated rings. The fourth-order valence-electron chi connectivity index (χ4n) is 2.07. The highest BCUT2D eigenvalue weighted by Crippen LogP contribution is 2.29. The maximum absolute atomic E-state index is 10.1. The average Bonchev–Trinajstić information content (AvgIpc) is 2.84. The first-order chi connectivity index (χ1) is 9.72. The van der Waals surface area contributed by atoms with E-state index in [-0.39, 0.29) is 5.75 Å². The summed E-state index contributed by atoms with van der Waals surface area (Å²) in [7, 11) is 1.94. The lowest BCUT2D eigenvalue weighted by atomic mass is 10.2. The van der Waals surface area contributed by atoms with Gasteiger partial charge in [-0.25, -0.2) is 0 Å². The van der Waals surface area contributed by atoms with Crippen LogP contribution in [0.2, 0.25) is 0 Å². The molecule has 108 valence electrons. The molecular formula is C15H21N3O2. The van der Waals surface area contributed by atoms with Gasteiger partial charge in [0.15, 0.2) is 11.5 Å². The second-order valence-corrected chi connectivity index (χ2v) is 4.57. The molecule has 5 nitrogen and oxygen atoms in total. The van der Waals surface area contributed by atoms with Gasteiger partial charge in [0, 0.05) is 44.0 Å². The van der Waals surface area contributed by atoms with Gasteiger partial charge in [-0.2, -0.15) is 5.10 Å². The molecule has 2 N–H and O–H groups in total. The number of ether oxygens (including phenoxy) is 1. The Morgan fingerprint density at radius 2 is 2.20 bits per heavy atom. The average molecular weight is 275 g/mol. The maximum Gasteiger partial charge on any atom is 0.162 e. The van der Waals surface area contributed by atoms with Crippen LogP contribution in [0.1, 0.15) is 18.2 Å². The van der Waals surface area contributed by atoms with E-state index < -0.39 is 0 Å². The van der Waals surface area contributed by atoms with Crippen molar-refractivity contribution in [2.45, 2.75) is 19.9 Å². The number of para-hydroxylation sites is 1. The van der Waals surface area contributed by atoms with E-state index in [1.54, 1.807) is 12.3 Å². The summed E-state index contributed by atoms with van der Waals surface area (Å²) in [6.07, 6.45) is 2.70. The molecule has 0 aliphatic rings. The summed E-state index contributed by atoms with van der Waals surface area (Å²) in [6, 6.07) is 7.57. The van der Waals surface area contributed by atoms with Gasteiger partial charge in [-0.3, -0.25) is 4.68 Å². The van der Waals surface area contributed by atoms with Gasteiger partial charge in [-0.1, -0.05) is 12.1 Å². The van der Waals surface area contributed by atoms with Crippen molar-refractivity contribution in [3.05, 3.63) is 41.7 Å². The molecule has 0 bridgehead atoms. The molecule has 1 aromatic carbocycles. The van der Waals surface area contributed by atoms with Gasteiger partial charge in [0.25, 0.3) is 0 Å². The van der Waals surface area contributed by atoms with Crippen molar-refractivity contribution in [1.29, 1.82) is 0 Å². The SMILES string of the molecule is CCOc1cccc(CNCCc2ccnn2C)c1O. The third-order valence-corrected chi connectivity index (χ3v) is 3.18. The summed E-state index contributed by atoms with van der Waals surface area (Å²) in [5, 5.41) is 17.5. The fraction of sp³-hybridized carbons (Fsp3) is 0.400.